The monoisotopic (exact) mass is 479 g/mol. The van der Waals surface area contributed by atoms with Gasteiger partial charge in [-0.25, -0.2) is 14.8 Å². The Balaban J connectivity index is 2.24. The van der Waals surface area contributed by atoms with Crippen LogP contribution in [0, 0.1) is 5.41 Å². The average Bonchev–Trinajstić information content (AvgIpc) is 2.92. The molecule has 2 rings (SSSR count). The first-order valence-corrected chi connectivity index (χ1v) is 14.0. The largest absolute Gasteiger partial charge is 0.400 e. The Labute approximate surface area is 196 Å². The van der Waals surface area contributed by atoms with Crippen LogP contribution in [0.15, 0.2) is 29.5 Å². The SMILES string of the molecule is CCc1cccc(P)c1NC(=O)N1CC(C(=N)NC(=O)C(C)(C)S(C)(C)C)=C(N)C1(C)C. The number of nitrogens with zero attached hydrogens (tertiary/aromatic N) is 1. The van der Waals surface area contributed by atoms with Gasteiger partial charge in [-0.05, 0) is 63.8 Å². The molecule has 0 saturated carbocycles. The summed E-state index contributed by atoms with van der Waals surface area (Å²) < 4.78 is -0.612. The molecule has 0 radical (unpaired) electrons. The number of anilines is 1. The van der Waals surface area contributed by atoms with Crippen molar-refractivity contribution in [3.05, 3.63) is 35.0 Å². The van der Waals surface area contributed by atoms with E-state index in [1.165, 1.54) is 0 Å². The minimum Gasteiger partial charge on any atom is -0.400 e. The van der Waals surface area contributed by atoms with E-state index in [1.54, 1.807) is 4.90 Å². The molecule has 7 nitrogen and oxygen atoms in total. The number of hydrogen-bond acceptors (Lipinski definition) is 4. The number of nitrogens with two attached hydrogens (primary N) is 1. The fourth-order valence-electron chi connectivity index (χ4n) is 3.35. The molecule has 32 heavy (non-hydrogen) atoms. The Kier molecular flexibility index (Phi) is 7.42. The Bertz CT molecular complexity index is 979. The topological polar surface area (TPSA) is 111 Å². The molecule has 178 valence electrons. The zero-order valence-electron chi connectivity index (χ0n) is 20.5. The first-order valence-electron chi connectivity index (χ1n) is 10.6. The maximum absolute atomic E-state index is 13.2. The quantitative estimate of drug-likeness (QED) is 0.296. The third kappa shape index (κ3) is 4.81. The van der Waals surface area contributed by atoms with Crippen LogP contribution in [0.4, 0.5) is 10.5 Å². The molecule has 1 heterocycles. The van der Waals surface area contributed by atoms with Crippen molar-refractivity contribution in [3.63, 3.8) is 0 Å². The van der Waals surface area contributed by atoms with Gasteiger partial charge in [0.2, 0.25) is 5.91 Å². The van der Waals surface area contributed by atoms with Crippen molar-refractivity contribution in [3.8, 4) is 0 Å². The maximum atomic E-state index is 13.2. The summed E-state index contributed by atoms with van der Waals surface area (Å²) in [4.78, 5) is 27.8. The second-order valence-electron chi connectivity index (χ2n) is 9.88. The van der Waals surface area contributed by atoms with E-state index in [0.717, 1.165) is 23.0 Å². The van der Waals surface area contributed by atoms with Crippen LogP contribution in [0.1, 0.15) is 40.2 Å². The summed E-state index contributed by atoms with van der Waals surface area (Å²) in [6.07, 6.45) is 7.00. The number of aryl methyl sites for hydroxylation is 1. The Morgan fingerprint density at radius 3 is 2.41 bits per heavy atom. The van der Waals surface area contributed by atoms with Crippen LogP contribution in [-0.2, 0) is 11.2 Å². The van der Waals surface area contributed by atoms with Gasteiger partial charge in [0.1, 0.15) is 5.84 Å². The Morgan fingerprint density at radius 1 is 1.28 bits per heavy atom. The molecule has 3 amide bonds. The van der Waals surface area contributed by atoms with Gasteiger partial charge in [0.15, 0.2) is 0 Å². The zero-order chi connectivity index (χ0) is 24.6. The summed E-state index contributed by atoms with van der Waals surface area (Å²) in [5.74, 6) is -0.260. The normalized spacial score (nSPS) is 16.7. The number of hydrogen-bond donors (Lipinski definition) is 4. The predicted octanol–water partition coefficient (Wildman–Crippen LogP) is 3.15. The third-order valence-electron chi connectivity index (χ3n) is 6.63. The molecule has 0 fully saturated rings. The summed E-state index contributed by atoms with van der Waals surface area (Å²) in [6.45, 7) is 9.67. The number of urea groups is 1. The molecule has 5 N–H and O–H groups in total. The maximum Gasteiger partial charge on any atom is 0.322 e. The van der Waals surface area contributed by atoms with Crippen molar-refractivity contribution in [2.45, 2.75) is 51.3 Å². The van der Waals surface area contributed by atoms with Gasteiger partial charge >= 0.3 is 6.03 Å². The predicted molar refractivity (Wildman–Crippen MR) is 141 cm³/mol. The van der Waals surface area contributed by atoms with E-state index < -0.39 is 20.3 Å². The van der Waals surface area contributed by atoms with E-state index >= 15 is 0 Å². The van der Waals surface area contributed by atoms with Crippen LogP contribution in [0.2, 0.25) is 0 Å². The van der Waals surface area contributed by atoms with Gasteiger partial charge in [-0.1, -0.05) is 25.1 Å². The minimum atomic E-state index is -1.21. The van der Waals surface area contributed by atoms with E-state index in [1.807, 2.05) is 52.8 Å². The van der Waals surface area contributed by atoms with Gasteiger partial charge in [0, 0.05) is 11.3 Å². The van der Waals surface area contributed by atoms with E-state index in [9.17, 15) is 9.59 Å². The molecule has 1 aromatic carbocycles. The number of carbonyl (C=O) groups is 2. The second kappa shape index (κ2) is 9.06. The van der Waals surface area contributed by atoms with Crippen LogP contribution >= 0.6 is 19.3 Å². The van der Waals surface area contributed by atoms with Crippen molar-refractivity contribution in [1.29, 1.82) is 5.41 Å². The fraction of sp³-hybridized carbons (Fsp3) is 0.522. The molecule has 1 aliphatic heterocycles. The first kappa shape index (κ1) is 26.2. The van der Waals surface area contributed by atoms with Crippen molar-refractivity contribution < 1.29 is 9.59 Å². The van der Waals surface area contributed by atoms with E-state index in [2.05, 4.69) is 38.6 Å². The van der Waals surface area contributed by atoms with Crippen molar-refractivity contribution in [2.24, 2.45) is 5.73 Å². The van der Waals surface area contributed by atoms with Gasteiger partial charge in [-0.15, -0.1) is 9.24 Å². The van der Waals surface area contributed by atoms with Gasteiger partial charge in [-0.3, -0.25) is 10.2 Å². The third-order valence-corrected chi connectivity index (χ3v) is 10.4. The summed E-state index contributed by atoms with van der Waals surface area (Å²) >= 11 is 0. The molecular formula is C23H38N5O2PS. The molecule has 0 saturated heterocycles. The molecule has 1 atom stereocenters. The summed E-state index contributed by atoms with van der Waals surface area (Å²) in [5, 5.41) is 15.2. The molecular weight excluding hydrogens is 441 g/mol. The summed E-state index contributed by atoms with van der Waals surface area (Å²) in [5.41, 5.74) is 8.28. The van der Waals surface area contributed by atoms with E-state index in [4.69, 9.17) is 11.1 Å². The van der Waals surface area contributed by atoms with Gasteiger partial charge in [0.25, 0.3) is 0 Å². The average molecular weight is 480 g/mol. The molecule has 0 aromatic heterocycles. The van der Waals surface area contributed by atoms with Crippen LogP contribution in [0.5, 0.6) is 0 Å². The van der Waals surface area contributed by atoms with E-state index in [-0.39, 0.29) is 24.3 Å². The van der Waals surface area contributed by atoms with Gasteiger partial charge in [-0.2, -0.15) is 0 Å². The summed E-state index contributed by atoms with van der Waals surface area (Å²) in [6, 6.07) is 5.58. The van der Waals surface area contributed by atoms with E-state index in [0.29, 0.717) is 11.3 Å². The molecule has 1 aliphatic rings. The van der Waals surface area contributed by atoms with Gasteiger partial charge < -0.3 is 21.3 Å². The highest BCUT2D eigenvalue weighted by atomic mass is 32.3. The highest BCUT2D eigenvalue weighted by Gasteiger charge is 2.44. The molecule has 0 bridgehead atoms. The number of amidine groups is 1. The molecule has 0 aliphatic carbocycles. The number of nitrogens with one attached hydrogen (secondary N) is 3. The lowest BCUT2D eigenvalue weighted by atomic mass is 10.00. The van der Waals surface area contributed by atoms with Crippen molar-refractivity contribution in [1.82, 2.24) is 10.2 Å². The number of amides is 3. The molecule has 1 unspecified atom stereocenters. The highest BCUT2D eigenvalue weighted by molar-refractivity contribution is 8.33. The minimum absolute atomic E-state index is 0.0479. The standard InChI is InChI=1S/C23H38N5O2PS/c1-9-14-11-10-12-16(31)17(14)26-21(30)28-13-15(18(24)22(28,2)3)19(25)27-20(29)23(4,5)32(6,7)8/h10-12H,9,13,24,31H2,1-8H3,(H,26,30)(H2,25,27,29). The number of para-hydroxylation sites is 1. The van der Waals surface area contributed by atoms with Crippen molar-refractivity contribution >= 4 is 48.0 Å². The van der Waals surface area contributed by atoms with Crippen LogP contribution in [0.3, 0.4) is 0 Å². The van der Waals surface area contributed by atoms with Crippen LogP contribution in [0.25, 0.3) is 0 Å². The smallest absolute Gasteiger partial charge is 0.322 e. The molecule has 1 aromatic rings. The first-order chi connectivity index (χ1) is 14.6. The number of carbonyl (C=O) groups excluding carboxylic acids is 2. The molecule has 9 heteroatoms. The van der Waals surface area contributed by atoms with Gasteiger partial charge in [0.05, 0.1) is 22.5 Å². The zero-order valence-corrected chi connectivity index (χ0v) is 22.4. The van der Waals surface area contributed by atoms with Crippen LogP contribution < -0.4 is 21.7 Å². The fourth-order valence-corrected chi connectivity index (χ4v) is 4.33. The highest BCUT2D eigenvalue weighted by Crippen LogP contribution is 2.49. The summed E-state index contributed by atoms with van der Waals surface area (Å²) in [7, 11) is 1.44. The molecule has 0 spiro atoms. The van der Waals surface area contributed by atoms with Crippen molar-refractivity contribution in [2.75, 3.05) is 30.6 Å². The number of benzene rings is 1. The lowest BCUT2D eigenvalue weighted by Crippen LogP contribution is -2.49. The number of rotatable bonds is 5. The Morgan fingerprint density at radius 2 is 1.88 bits per heavy atom. The second-order valence-corrected chi connectivity index (χ2v) is 15.2. The Hall–Kier alpha value is -2.05. The van der Waals surface area contributed by atoms with Crippen LogP contribution in [-0.4, -0.2) is 58.3 Å². The lowest BCUT2D eigenvalue weighted by Gasteiger charge is -2.42. The lowest BCUT2D eigenvalue weighted by molar-refractivity contribution is -0.121.